The van der Waals surface area contributed by atoms with E-state index in [1.807, 2.05) is 0 Å². The molecule has 7 rings (SSSR count). The second kappa shape index (κ2) is 6.17. The van der Waals surface area contributed by atoms with Crippen LogP contribution in [0.2, 0.25) is 0 Å². The molecule has 4 aliphatic carbocycles. The predicted molar refractivity (Wildman–Crippen MR) is 116 cm³/mol. The molecule has 4 fully saturated rings. The molecule has 0 unspecified atom stereocenters. The smallest absolute Gasteiger partial charge is 0.0780 e. The molecule has 4 saturated carbocycles. The van der Waals surface area contributed by atoms with Crippen LogP contribution in [0.5, 0.6) is 0 Å². The Morgan fingerprint density at radius 1 is 0.750 bits per heavy atom. The van der Waals surface area contributed by atoms with E-state index in [9.17, 15) is 0 Å². The van der Waals surface area contributed by atoms with Crippen LogP contribution in [0.3, 0.4) is 0 Å². The summed E-state index contributed by atoms with van der Waals surface area (Å²) in [6, 6.07) is 15.8. The van der Waals surface area contributed by atoms with Gasteiger partial charge < -0.3 is 0 Å². The molecule has 0 atom stereocenters. The lowest BCUT2D eigenvalue weighted by atomic mass is 9.50. The zero-order valence-corrected chi connectivity index (χ0v) is 17.0. The molecular weight excluding hydrogens is 338 g/mol. The van der Waals surface area contributed by atoms with Gasteiger partial charge in [0.05, 0.1) is 5.69 Å². The quantitative estimate of drug-likeness (QED) is 0.472. The van der Waals surface area contributed by atoms with Crippen LogP contribution in [-0.2, 0) is 0 Å². The van der Waals surface area contributed by atoms with Gasteiger partial charge in [-0.1, -0.05) is 41.5 Å². The van der Waals surface area contributed by atoms with Crippen LogP contribution >= 0.6 is 0 Å². The highest BCUT2D eigenvalue weighted by Crippen LogP contribution is 2.60. The number of nitrogens with zero attached hydrogens (tertiary/aromatic N) is 1. The molecule has 0 N–H and O–H groups in total. The summed E-state index contributed by atoms with van der Waals surface area (Å²) in [5, 5.41) is 2.78. The molecule has 0 radical (unpaired) electrons. The van der Waals surface area contributed by atoms with Crippen molar-refractivity contribution in [3.63, 3.8) is 0 Å². The summed E-state index contributed by atoms with van der Waals surface area (Å²) in [4.78, 5) is 5.09. The van der Waals surface area contributed by atoms with Crippen molar-refractivity contribution in [1.82, 2.24) is 4.98 Å². The Bertz CT molecular complexity index is 1010. The minimum atomic E-state index is 0.735. The van der Waals surface area contributed by atoms with Gasteiger partial charge in [-0.25, -0.2) is 0 Å². The van der Waals surface area contributed by atoms with Gasteiger partial charge >= 0.3 is 0 Å². The van der Waals surface area contributed by atoms with Crippen LogP contribution in [0, 0.1) is 37.5 Å². The highest BCUT2D eigenvalue weighted by atomic mass is 14.7. The van der Waals surface area contributed by atoms with Gasteiger partial charge in [-0.05, 0) is 98.6 Å². The number of rotatable bonds is 2. The lowest BCUT2D eigenvalue weighted by Gasteiger charge is -2.54. The predicted octanol–water partition coefficient (Wildman–Crippen LogP) is 7.06. The molecule has 0 saturated heterocycles. The second-order valence-corrected chi connectivity index (χ2v) is 9.94. The van der Waals surface area contributed by atoms with E-state index in [-0.39, 0.29) is 0 Å². The third-order valence-corrected chi connectivity index (χ3v) is 7.91. The Labute approximate surface area is 168 Å². The fraction of sp³-hybridized carbons (Fsp3) is 0.444. The van der Waals surface area contributed by atoms with Crippen LogP contribution in [0.4, 0.5) is 0 Å². The van der Waals surface area contributed by atoms with Crippen molar-refractivity contribution >= 4 is 10.8 Å². The summed E-state index contributed by atoms with van der Waals surface area (Å²) in [7, 11) is 0. The Balaban J connectivity index is 1.51. The third-order valence-electron chi connectivity index (χ3n) is 7.91. The van der Waals surface area contributed by atoms with Crippen LogP contribution < -0.4 is 0 Å². The number of fused-ring (bicyclic) bond motifs is 1. The summed E-state index contributed by atoms with van der Waals surface area (Å²) >= 11 is 0. The molecule has 4 bridgehead atoms. The standard InChI is InChI=1S/C27H29N/c1-16-7-17(2)9-22(8-16)27-24-6-4-3-5-23(24)25(15-28-27)26-20-11-18-10-19(13-20)14-21(26)12-18/h3-9,15,18-21,26H,10-14H2,1-2H3. The lowest BCUT2D eigenvalue weighted by molar-refractivity contribution is -0.00240. The fourth-order valence-corrected chi connectivity index (χ4v) is 7.25. The van der Waals surface area contributed by atoms with Crippen molar-refractivity contribution in [1.29, 1.82) is 0 Å². The first kappa shape index (κ1) is 16.8. The summed E-state index contributed by atoms with van der Waals surface area (Å²) in [6.07, 6.45) is 9.62. The molecule has 0 aliphatic heterocycles. The van der Waals surface area contributed by atoms with Crippen LogP contribution in [-0.4, -0.2) is 4.98 Å². The van der Waals surface area contributed by atoms with Gasteiger partial charge in [-0.3, -0.25) is 4.98 Å². The van der Waals surface area contributed by atoms with Gasteiger partial charge in [-0.2, -0.15) is 0 Å². The highest BCUT2D eigenvalue weighted by molar-refractivity contribution is 5.96. The van der Waals surface area contributed by atoms with Crippen LogP contribution in [0.15, 0.2) is 48.7 Å². The molecule has 1 heterocycles. The molecule has 1 heteroatoms. The van der Waals surface area contributed by atoms with E-state index in [2.05, 4.69) is 62.5 Å². The first-order chi connectivity index (χ1) is 13.7. The average Bonchev–Trinajstić information content (AvgIpc) is 2.66. The number of aryl methyl sites for hydroxylation is 2. The molecule has 3 aromatic rings. The van der Waals surface area contributed by atoms with Gasteiger partial charge in [0.1, 0.15) is 0 Å². The first-order valence-corrected chi connectivity index (χ1v) is 11.1. The monoisotopic (exact) mass is 367 g/mol. The summed E-state index contributed by atoms with van der Waals surface area (Å²) < 4.78 is 0. The van der Waals surface area contributed by atoms with Gasteiger partial charge in [0, 0.05) is 17.1 Å². The van der Waals surface area contributed by atoms with E-state index in [0.29, 0.717) is 0 Å². The average molecular weight is 368 g/mol. The van der Waals surface area contributed by atoms with Gasteiger partial charge in [-0.15, -0.1) is 0 Å². The van der Waals surface area contributed by atoms with Crippen molar-refractivity contribution in [2.24, 2.45) is 23.7 Å². The Morgan fingerprint density at radius 3 is 2.00 bits per heavy atom. The molecule has 0 amide bonds. The van der Waals surface area contributed by atoms with E-state index in [1.165, 1.54) is 65.1 Å². The third kappa shape index (κ3) is 2.55. The molecule has 1 nitrogen and oxygen atoms in total. The van der Waals surface area contributed by atoms with Gasteiger partial charge in [0.2, 0.25) is 0 Å². The Kier molecular flexibility index (Phi) is 3.70. The zero-order valence-electron chi connectivity index (χ0n) is 17.0. The van der Waals surface area contributed by atoms with E-state index in [1.54, 1.807) is 0 Å². The maximum atomic E-state index is 5.09. The Morgan fingerprint density at radius 2 is 1.36 bits per heavy atom. The van der Waals surface area contributed by atoms with Crippen LogP contribution in [0.25, 0.3) is 22.0 Å². The molecule has 4 aliphatic rings. The molecule has 1 aromatic heterocycles. The Hall–Kier alpha value is -2.15. The number of hydrogen-bond donors (Lipinski definition) is 0. The number of aromatic nitrogens is 1. The van der Waals surface area contributed by atoms with Gasteiger partial charge in [0.15, 0.2) is 0 Å². The molecule has 0 spiro atoms. The summed E-state index contributed by atoms with van der Waals surface area (Å²) in [6.45, 7) is 4.36. The number of hydrogen-bond acceptors (Lipinski definition) is 1. The van der Waals surface area contributed by atoms with E-state index >= 15 is 0 Å². The maximum absolute atomic E-state index is 5.09. The van der Waals surface area contributed by atoms with Crippen molar-refractivity contribution in [3.05, 3.63) is 65.4 Å². The second-order valence-electron chi connectivity index (χ2n) is 9.94. The largest absolute Gasteiger partial charge is 0.255 e. The summed E-state index contributed by atoms with van der Waals surface area (Å²) in [5.41, 5.74) is 6.56. The van der Waals surface area contributed by atoms with E-state index in [4.69, 9.17) is 4.98 Å². The van der Waals surface area contributed by atoms with E-state index in [0.717, 1.165) is 35.3 Å². The van der Waals surface area contributed by atoms with Crippen molar-refractivity contribution < 1.29 is 0 Å². The topological polar surface area (TPSA) is 12.9 Å². The van der Waals surface area contributed by atoms with Crippen molar-refractivity contribution in [2.75, 3.05) is 0 Å². The molecule has 28 heavy (non-hydrogen) atoms. The highest BCUT2D eigenvalue weighted by Gasteiger charge is 2.49. The fourth-order valence-electron chi connectivity index (χ4n) is 7.25. The minimum absolute atomic E-state index is 0.735. The first-order valence-electron chi connectivity index (χ1n) is 11.1. The lowest BCUT2D eigenvalue weighted by Crippen LogP contribution is -2.43. The number of benzene rings is 2. The minimum Gasteiger partial charge on any atom is -0.255 e. The molecular formula is C27H29N. The van der Waals surface area contributed by atoms with Crippen molar-refractivity contribution in [2.45, 2.75) is 51.9 Å². The zero-order chi connectivity index (χ0) is 18.8. The normalized spacial score (nSPS) is 30.9. The number of pyridine rings is 1. The molecule has 142 valence electrons. The SMILES string of the molecule is Cc1cc(C)cc(-c2ncc(C3C4CC5CC(C4)CC3C5)c3ccccc23)c1. The summed E-state index contributed by atoms with van der Waals surface area (Å²) in [5.74, 6) is 4.57. The van der Waals surface area contributed by atoms with Crippen molar-refractivity contribution in [3.8, 4) is 11.3 Å². The van der Waals surface area contributed by atoms with Gasteiger partial charge in [0.25, 0.3) is 0 Å². The maximum Gasteiger partial charge on any atom is 0.0780 e. The molecule has 2 aromatic carbocycles. The van der Waals surface area contributed by atoms with Crippen LogP contribution in [0.1, 0.15) is 54.7 Å². The van der Waals surface area contributed by atoms with E-state index < -0.39 is 0 Å².